The van der Waals surface area contributed by atoms with Gasteiger partial charge in [-0.1, -0.05) is 29.3 Å². The van der Waals surface area contributed by atoms with Crippen LogP contribution in [0.3, 0.4) is 0 Å². The fourth-order valence-electron chi connectivity index (χ4n) is 2.75. The van der Waals surface area contributed by atoms with Crippen LogP contribution >= 0.6 is 23.2 Å². The van der Waals surface area contributed by atoms with Crippen LogP contribution in [0, 0.1) is 0 Å². The zero-order valence-corrected chi connectivity index (χ0v) is 15.5. The SMILES string of the molecule is O=C(CCCc1ccc(Cl)c(Cl)c1)NCCCCN1CCOCC1. The summed E-state index contributed by atoms with van der Waals surface area (Å²) in [5.74, 6) is 0.126. The summed E-state index contributed by atoms with van der Waals surface area (Å²) >= 11 is 11.9. The van der Waals surface area contributed by atoms with Crippen LogP contribution < -0.4 is 5.32 Å². The van der Waals surface area contributed by atoms with Crippen molar-refractivity contribution < 1.29 is 9.53 Å². The first-order valence-corrected chi connectivity index (χ1v) is 9.41. The second-order valence-corrected chi connectivity index (χ2v) is 6.93. The predicted octanol–water partition coefficient (Wildman–Crippen LogP) is 3.54. The molecular weight excluding hydrogens is 347 g/mol. The molecule has 1 saturated heterocycles. The van der Waals surface area contributed by atoms with Gasteiger partial charge in [0.15, 0.2) is 0 Å². The minimum absolute atomic E-state index is 0.126. The van der Waals surface area contributed by atoms with Crippen LogP contribution in [0.5, 0.6) is 0 Å². The molecule has 1 N–H and O–H groups in total. The Morgan fingerprint density at radius 2 is 1.92 bits per heavy atom. The number of rotatable bonds is 9. The van der Waals surface area contributed by atoms with Crippen molar-refractivity contribution >= 4 is 29.1 Å². The zero-order valence-electron chi connectivity index (χ0n) is 14.0. The van der Waals surface area contributed by atoms with E-state index in [0.29, 0.717) is 16.5 Å². The fourth-order valence-corrected chi connectivity index (χ4v) is 3.07. The first-order chi connectivity index (χ1) is 11.6. The highest BCUT2D eigenvalue weighted by Gasteiger charge is 2.09. The summed E-state index contributed by atoms with van der Waals surface area (Å²) in [6, 6.07) is 5.62. The summed E-state index contributed by atoms with van der Waals surface area (Å²) in [5.41, 5.74) is 1.11. The maximum atomic E-state index is 11.8. The van der Waals surface area contributed by atoms with Crippen molar-refractivity contribution in [1.82, 2.24) is 10.2 Å². The van der Waals surface area contributed by atoms with E-state index in [4.69, 9.17) is 27.9 Å². The number of ether oxygens (including phenoxy) is 1. The van der Waals surface area contributed by atoms with Crippen molar-refractivity contribution in [3.8, 4) is 0 Å². The Labute approximate surface area is 154 Å². The van der Waals surface area contributed by atoms with Crippen LogP contribution in [0.25, 0.3) is 0 Å². The molecule has 0 bridgehead atoms. The Kier molecular flexibility index (Phi) is 8.89. The molecule has 134 valence electrons. The lowest BCUT2D eigenvalue weighted by Crippen LogP contribution is -2.37. The van der Waals surface area contributed by atoms with E-state index in [9.17, 15) is 4.79 Å². The highest BCUT2D eigenvalue weighted by atomic mass is 35.5. The molecule has 1 heterocycles. The van der Waals surface area contributed by atoms with Crippen molar-refractivity contribution in [1.29, 1.82) is 0 Å². The number of hydrogen-bond donors (Lipinski definition) is 1. The molecule has 0 unspecified atom stereocenters. The van der Waals surface area contributed by atoms with Gasteiger partial charge in [0, 0.05) is 26.1 Å². The number of nitrogens with one attached hydrogen (secondary N) is 1. The Hall–Kier alpha value is -0.810. The van der Waals surface area contributed by atoms with Crippen molar-refractivity contribution in [3.63, 3.8) is 0 Å². The number of unbranched alkanes of at least 4 members (excludes halogenated alkanes) is 1. The quantitative estimate of drug-likeness (QED) is 0.674. The molecule has 6 heteroatoms. The van der Waals surface area contributed by atoms with Gasteiger partial charge in [-0.05, 0) is 49.9 Å². The zero-order chi connectivity index (χ0) is 17.2. The number of nitrogens with zero attached hydrogens (tertiary/aromatic N) is 1. The molecule has 1 amide bonds. The summed E-state index contributed by atoms with van der Waals surface area (Å²) in [6.07, 6.45) is 4.34. The fraction of sp³-hybridized carbons (Fsp3) is 0.611. The average molecular weight is 373 g/mol. The van der Waals surface area contributed by atoms with E-state index in [-0.39, 0.29) is 5.91 Å². The number of hydrogen-bond acceptors (Lipinski definition) is 3. The molecule has 4 nitrogen and oxygen atoms in total. The number of carbonyl (C=O) groups is 1. The van der Waals surface area contributed by atoms with Gasteiger partial charge in [0.25, 0.3) is 0 Å². The number of halogens is 2. The number of aryl methyl sites for hydroxylation is 1. The second-order valence-electron chi connectivity index (χ2n) is 6.11. The molecular formula is C18H26Cl2N2O2. The van der Waals surface area contributed by atoms with Gasteiger partial charge in [-0.3, -0.25) is 9.69 Å². The summed E-state index contributed by atoms with van der Waals surface area (Å²) in [4.78, 5) is 14.3. The summed E-state index contributed by atoms with van der Waals surface area (Å²) < 4.78 is 5.33. The molecule has 2 rings (SSSR count). The van der Waals surface area contributed by atoms with E-state index in [1.54, 1.807) is 6.07 Å². The molecule has 0 atom stereocenters. The summed E-state index contributed by atoms with van der Waals surface area (Å²) in [7, 11) is 0. The van der Waals surface area contributed by atoms with Crippen LogP contribution in [-0.2, 0) is 16.0 Å². The molecule has 1 aromatic rings. The van der Waals surface area contributed by atoms with Gasteiger partial charge in [-0.15, -0.1) is 0 Å². The van der Waals surface area contributed by atoms with Gasteiger partial charge < -0.3 is 10.1 Å². The van der Waals surface area contributed by atoms with Gasteiger partial charge in [0.05, 0.1) is 23.3 Å². The maximum absolute atomic E-state index is 11.8. The van der Waals surface area contributed by atoms with Gasteiger partial charge >= 0.3 is 0 Å². The highest BCUT2D eigenvalue weighted by Crippen LogP contribution is 2.23. The van der Waals surface area contributed by atoms with Gasteiger partial charge in [-0.25, -0.2) is 0 Å². The lowest BCUT2D eigenvalue weighted by molar-refractivity contribution is -0.121. The Bertz CT molecular complexity index is 520. The van der Waals surface area contributed by atoms with E-state index in [1.807, 2.05) is 12.1 Å². The Morgan fingerprint density at radius 3 is 2.67 bits per heavy atom. The van der Waals surface area contributed by atoms with Crippen LogP contribution in [0.1, 0.15) is 31.2 Å². The Morgan fingerprint density at radius 1 is 1.12 bits per heavy atom. The van der Waals surface area contributed by atoms with Crippen molar-refractivity contribution in [2.45, 2.75) is 32.1 Å². The molecule has 1 aliphatic rings. The van der Waals surface area contributed by atoms with Crippen LogP contribution in [0.15, 0.2) is 18.2 Å². The third-order valence-corrected chi connectivity index (χ3v) is 4.92. The summed E-state index contributed by atoms with van der Waals surface area (Å²) in [5, 5.41) is 4.13. The lowest BCUT2D eigenvalue weighted by Gasteiger charge is -2.26. The largest absolute Gasteiger partial charge is 0.379 e. The summed E-state index contributed by atoms with van der Waals surface area (Å²) in [6.45, 7) is 5.60. The molecule has 1 fully saturated rings. The monoisotopic (exact) mass is 372 g/mol. The molecule has 0 saturated carbocycles. The van der Waals surface area contributed by atoms with Crippen molar-refractivity contribution in [2.75, 3.05) is 39.4 Å². The molecule has 0 spiro atoms. The van der Waals surface area contributed by atoms with E-state index >= 15 is 0 Å². The van der Waals surface area contributed by atoms with Gasteiger partial charge in [-0.2, -0.15) is 0 Å². The minimum atomic E-state index is 0.126. The number of benzene rings is 1. The van der Waals surface area contributed by atoms with Crippen molar-refractivity contribution in [2.24, 2.45) is 0 Å². The molecule has 0 aromatic heterocycles. The van der Waals surface area contributed by atoms with Crippen LogP contribution in [-0.4, -0.2) is 50.2 Å². The third-order valence-electron chi connectivity index (χ3n) is 4.18. The topological polar surface area (TPSA) is 41.6 Å². The first-order valence-electron chi connectivity index (χ1n) is 8.66. The van der Waals surface area contributed by atoms with E-state index < -0.39 is 0 Å². The van der Waals surface area contributed by atoms with Crippen LogP contribution in [0.2, 0.25) is 10.0 Å². The molecule has 1 aliphatic heterocycles. The molecule has 0 radical (unpaired) electrons. The van der Waals surface area contributed by atoms with E-state index in [0.717, 1.165) is 70.6 Å². The number of amides is 1. The minimum Gasteiger partial charge on any atom is -0.379 e. The maximum Gasteiger partial charge on any atom is 0.220 e. The molecule has 1 aromatic carbocycles. The van der Waals surface area contributed by atoms with Gasteiger partial charge in [0.1, 0.15) is 0 Å². The lowest BCUT2D eigenvalue weighted by atomic mass is 10.1. The number of carbonyl (C=O) groups excluding carboxylic acids is 1. The van der Waals surface area contributed by atoms with E-state index in [2.05, 4.69) is 10.2 Å². The average Bonchev–Trinajstić information content (AvgIpc) is 2.59. The highest BCUT2D eigenvalue weighted by molar-refractivity contribution is 6.42. The number of morpholine rings is 1. The molecule has 0 aliphatic carbocycles. The van der Waals surface area contributed by atoms with E-state index in [1.165, 1.54) is 0 Å². The Balaban J connectivity index is 1.49. The van der Waals surface area contributed by atoms with Crippen LogP contribution in [0.4, 0.5) is 0 Å². The predicted molar refractivity (Wildman–Crippen MR) is 98.9 cm³/mol. The second kappa shape index (κ2) is 10.9. The normalized spacial score (nSPS) is 15.4. The third kappa shape index (κ3) is 7.39. The van der Waals surface area contributed by atoms with Gasteiger partial charge in [0.2, 0.25) is 5.91 Å². The smallest absolute Gasteiger partial charge is 0.220 e. The standard InChI is InChI=1S/C18H26Cl2N2O2/c19-16-7-6-15(14-17(16)20)4-3-5-18(23)21-8-1-2-9-22-10-12-24-13-11-22/h6-7,14H,1-5,8-13H2,(H,21,23). The van der Waals surface area contributed by atoms with Crippen molar-refractivity contribution in [3.05, 3.63) is 33.8 Å². The first kappa shape index (κ1) is 19.5. The molecule has 24 heavy (non-hydrogen) atoms.